The number of carbonyl (C=O) groups excluding carboxylic acids is 2. The molecule has 8 heteroatoms. The molecule has 1 aromatic carbocycles. The minimum Gasteiger partial charge on any atom is -0.494 e. The summed E-state index contributed by atoms with van der Waals surface area (Å²) < 4.78 is 4.52. The molecule has 0 atom stereocenters. The maximum absolute atomic E-state index is 12.6. The number of alkyl halides is 2. The molecule has 0 bridgehead atoms. The van der Waals surface area contributed by atoms with E-state index in [1.165, 1.54) is 19.2 Å². The van der Waals surface area contributed by atoms with Gasteiger partial charge in [-0.05, 0) is 25.0 Å². The van der Waals surface area contributed by atoms with E-state index in [4.69, 9.17) is 27.9 Å². The number of rotatable bonds is 7. The molecule has 0 aliphatic rings. The van der Waals surface area contributed by atoms with Crippen molar-refractivity contribution in [1.29, 1.82) is 0 Å². The van der Waals surface area contributed by atoms with Crippen molar-refractivity contribution >= 4 is 66.8 Å². The second kappa shape index (κ2) is 8.70. The quantitative estimate of drug-likeness (QED) is 0.550. The standard InChI is InChI=1S/C15H17Br2Cl2NO3/c1-4-15(5-2,12(21)13(16)17)20-14(22)8-6-9(18)11(23-3)10(19)7-8/h6-7,13H,4-5H2,1-3H3,(H,20,22). The average Bonchev–Trinajstić information content (AvgIpc) is 2.51. The summed E-state index contributed by atoms with van der Waals surface area (Å²) in [6.07, 6.45) is 0.915. The summed E-state index contributed by atoms with van der Waals surface area (Å²) >= 11 is 18.5. The van der Waals surface area contributed by atoms with Crippen LogP contribution in [-0.2, 0) is 4.79 Å². The second-order valence-corrected chi connectivity index (χ2v) is 8.76. The molecule has 0 saturated carbocycles. The van der Waals surface area contributed by atoms with Crippen LogP contribution in [-0.4, -0.2) is 28.1 Å². The number of carbonyl (C=O) groups is 2. The summed E-state index contributed by atoms with van der Waals surface area (Å²) in [6, 6.07) is 2.92. The molecular weight excluding hydrogens is 473 g/mol. The number of amides is 1. The number of halogens is 4. The molecule has 0 unspecified atom stereocenters. The molecule has 23 heavy (non-hydrogen) atoms. The highest BCUT2D eigenvalue weighted by Crippen LogP contribution is 2.34. The maximum atomic E-state index is 12.6. The van der Waals surface area contributed by atoms with Gasteiger partial charge < -0.3 is 10.1 Å². The summed E-state index contributed by atoms with van der Waals surface area (Å²) in [6.45, 7) is 3.69. The Hall–Kier alpha value is -0.300. The lowest BCUT2D eigenvalue weighted by molar-refractivity contribution is -0.123. The minimum atomic E-state index is -0.979. The summed E-state index contributed by atoms with van der Waals surface area (Å²) in [7, 11) is 1.44. The van der Waals surface area contributed by atoms with Crippen molar-refractivity contribution in [3.05, 3.63) is 27.7 Å². The van der Waals surface area contributed by atoms with Gasteiger partial charge in [-0.2, -0.15) is 0 Å². The first-order valence-corrected chi connectivity index (χ1v) is 9.49. The monoisotopic (exact) mass is 487 g/mol. The van der Waals surface area contributed by atoms with E-state index in [-0.39, 0.29) is 21.4 Å². The van der Waals surface area contributed by atoms with Gasteiger partial charge in [0.25, 0.3) is 5.91 Å². The number of ether oxygens (including phenoxy) is 1. The zero-order valence-corrected chi connectivity index (χ0v) is 17.6. The minimum absolute atomic E-state index is 0.151. The number of Topliss-reactive ketones (excluding diaryl/α,β-unsaturated/α-hetero) is 1. The van der Waals surface area contributed by atoms with Crippen LogP contribution in [0, 0.1) is 0 Å². The first-order valence-electron chi connectivity index (χ1n) is 6.90. The zero-order valence-electron chi connectivity index (χ0n) is 12.9. The number of nitrogens with one attached hydrogen (secondary N) is 1. The van der Waals surface area contributed by atoms with E-state index >= 15 is 0 Å². The van der Waals surface area contributed by atoms with Crippen LogP contribution in [0.5, 0.6) is 5.75 Å². The number of hydrogen-bond acceptors (Lipinski definition) is 3. The fraction of sp³-hybridized carbons (Fsp3) is 0.467. The van der Waals surface area contributed by atoms with E-state index in [0.29, 0.717) is 18.6 Å². The molecule has 1 aromatic rings. The van der Waals surface area contributed by atoms with Gasteiger partial charge in [0.15, 0.2) is 11.5 Å². The number of methoxy groups -OCH3 is 1. The van der Waals surface area contributed by atoms with Gasteiger partial charge in [-0.1, -0.05) is 68.9 Å². The molecule has 0 aliphatic carbocycles. The first-order chi connectivity index (χ1) is 10.7. The molecule has 0 saturated heterocycles. The van der Waals surface area contributed by atoms with E-state index in [1.807, 2.05) is 13.8 Å². The van der Waals surface area contributed by atoms with Crippen molar-refractivity contribution in [2.24, 2.45) is 0 Å². The number of hydrogen-bond donors (Lipinski definition) is 1. The fourth-order valence-electron chi connectivity index (χ4n) is 2.22. The molecule has 4 nitrogen and oxygen atoms in total. The van der Waals surface area contributed by atoms with E-state index in [2.05, 4.69) is 37.2 Å². The predicted molar refractivity (Wildman–Crippen MR) is 100 cm³/mol. The topological polar surface area (TPSA) is 55.4 Å². The first kappa shape index (κ1) is 20.7. The fourth-order valence-corrected chi connectivity index (χ4v) is 3.74. The van der Waals surface area contributed by atoms with Gasteiger partial charge in [0.1, 0.15) is 9.28 Å². The molecule has 1 amide bonds. The van der Waals surface area contributed by atoms with E-state index < -0.39 is 15.2 Å². The van der Waals surface area contributed by atoms with Crippen molar-refractivity contribution < 1.29 is 14.3 Å². The van der Waals surface area contributed by atoms with Crippen molar-refractivity contribution in [2.75, 3.05) is 7.11 Å². The van der Waals surface area contributed by atoms with Crippen molar-refractivity contribution in [2.45, 2.75) is 36.0 Å². The van der Waals surface area contributed by atoms with Crippen LogP contribution in [0.4, 0.5) is 0 Å². The Morgan fingerprint density at radius 3 is 2.04 bits per heavy atom. The Morgan fingerprint density at radius 2 is 1.70 bits per heavy atom. The molecule has 1 rings (SSSR count). The van der Waals surface area contributed by atoms with Crippen LogP contribution in [0.15, 0.2) is 12.1 Å². The summed E-state index contributed by atoms with van der Waals surface area (Å²) in [5.74, 6) is -0.269. The maximum Gasteiger partial charge on any atom is 0.252 e. The van der Waals surface area contributed by atoms with Crippen LogP contribution in [0.1, 0.15) is 37.0 Å². The Morgan fingerprint density at radius 1 is 1.22 bits per heavy atom. The highest BCUT2D eigenvalue weighted by Gasteiger charge is 2.39. The van der Waals surface area contributed by atoms with Crippen molar-refractivity contribution in [3.63, 3.8) is 0 Å². The highest BCUT2D eigenvalue weighted by atomic mass is 79.9. The Balaban J connectivity index is 3.16. The SMILES string of the molecule is CCC(CC)(NC(=O)c1cc(Cl)c(OC)c(Cl)c1)C(=O)C(Br)Br. The van der Waals surface area contributed by atoms with Crippen LogP contribution in [0.3, 0.4) is 0 Å². The Kier molecular flexibility index (Phi) is 7.84. The molecular formula is C15H17Br2Cl2NO3. The molecule has 1 N–H and O–H groups in total. The lowest BCUT2D eigenvalue weighted by atomic mass is 9.88. The van der Waals surface area contributed by atoms with Crippen molar-refractivity contribution in [3.8, 4) is 5.75 Å². The van der Waals surface area contributed by atoms with Gasteiger partial charge >= 0.3 is 0 Å². The van der Waals surface area contributed by atoms with Gasteiger partial charge in [-0.25, -0.2) is 0 Å². The molecule has 0 aromatic heterocycles. The van der Waals surface area contributed by atoms with Gasteiger partial charge in [-0.3, -0.25) is 9.59 Å². The summed E-state index contributed by atoms with van der Waals surface area (Å²) in [5.41, 5.74) is -0.714. The van der Waals surface area contributed by atoms with E-state index in [0.717, 1.165) is 0 Å². The largest absolute Gasteiger partial charge is 0.494 e. The van der Waals surface area contributed by atoms with Gasteiger partial charge in [0.2, 0.25) is 0 Å². The van der Waals surface area contributed by atoms with Crippen LogP contribution in [0.25, 0.3) is 0 Å². The van der Waals surface area contributed by atoms with Crippen LogP contribution in [0.2, 0.25) is 10.0 Å². The smallest absolute Gasteiger partial charge is 0.252 e. The zero-order chi connectivity index (χ0) is 17.8. The van der Waals surface area contributed by atoms with Crippen molar-refractivity contribution in [1.82, 2.24) is 5.32 Å². The molecule has 0 heterocycles. The molecule has 0 fully saturated rings. The number of ketones is 1. The normalized spacial score (nSPS) is 11.5. The Bertz CT molecular complexity index is 581. The number of benzene rings is 1. The predicted octanol–water partition coefficient (Wildman–Crippen LogP) is 4.98. The van der Waals surface area contributed by atoms with Gasteiger partial charge in [-0.15, -0.1) is 0 Å². The van der Waals surface area contributed by atoms with Gasteiger partial charge in [0, 0.05) is 5.56 Å². The lowest BCUT2D eigenvalue weighted by Gasteiger charge is -2.32. The summed E-state index contributed by atoms with van der Waals surface area (Å²) in [4.78, 5) is 25.0. The third-order valence-electron chi connectivity index (χ3n) is 3.69. The molecule has 0 aliphatic heterocycles. The van der Waals surface area contributed by atoms with E-state index in [9.17, 15) is 9.59 Å². The van der Waals surface area contributed by atoms with E-state index in [1.54, 1.807) is 0 Å². The summed E-state index contributed by atoms with van der Waals surface area (Å²) in [5, 5.41) is 3.27. The van der Waals surface area contributed by atoms with Crippen LogP contribution < -0.4 is 10.1 Å². The second-order valence-electron chi connectivity index (χ2n) is 4.88. The van der Waals surface area contributed by atoms with Gasteiger partial charge in [0.05, 0.1) is 17.2 Å². The third kappa shape index (κ3) is 4.62. The molecule has 0 spiro atoms. The average molecular weight is 490 g/mol. The molecule has 0 radical (unpaired) electrons. The highest BCUT2D eigenvalue weighted by molar-refractivity contribution is 9.25. The van der Waals surface area contributed by atoms with Crippen LogP contribution >= 0.6 is 55.1 Å². The Labute approximate surface area is 162 Å². The lowest BCUT2D eigenvalue weighted by Crippen LogP contribution is -2.55. The molecule has 128 valence electrons. The third-order valence-corrected chi connectivity index (χ3v) is 5.09.